The van der Waals surface area contributed by atoms with E-state index in [1.165, 1.54) is 0 Å². The molecule has 0 bridgehead atoms. The van der Waals surface area contributed by atoms with E-state index >= 15 is 0 Å². The van der Waals surface area contributed by atoms with Crippen LogP contribution in [0.4, 0.5) is 0 Å². The van der Waals surface area contributed by atoms with E-state index in [1.807, 2.05) is 13.8 Å². The van der Waals surface area contributed by atoms with Crippen molar-refractivity contribution in [3.05, 3.63) is 35.4 Å². The molecule has 5 heteroatoms. The number of benzene rings is 1. The third kappa shape index (κ3) is 8.99. The van der Waals surface area contributed by atoms with E-state index in [9.17, 15) is 14.7 Å². The van der Waals surface area contributed by atoms with E-state index in [2.05, 4.69) is 13.8 Å². The van der Waals surface area contributed by atoms with Crippen molar-refractivity contribution in [2.45, 2.75) is 78.7 Å². The van der Waals surface area contributed by atoms with Gasteiger partial charge in [0.1, 0.15) is 0 Å². The van der Waals surface area contributed by atoms with Crippen LogP contribution in [-0.2, 0) is 9.47 Å². The Hall–Kier alpha value is -1.88. The molecule has 0 saturated heterocycles. The maximum Gasteiger partial charge on any atom is 0.339 e. The van der Waals surface area contributed by atoms with Gasteiger partial charge in [0.15, 0.2) is 0 Å². The fourth-order valence-electron chi connectivity index (χ4n) is 3.18. The van der Waals surface area contributed by atoms with E-state index in [-0.39, 0.29) is 29.8 Å². The quantitative estimate of drug-likeness (QED) is 0.419. The third-order valence-electron chi connectivity index (χ3n) is 5.46. The number of aliphatic hydroxyl groups is 1. The summed E-state index contributed by atoms with van der Waals surface area (Å²) in [6.45, 7) is 8.77. The SMILES string of the molecule is CCCCC(CC)COC(=O)c1ccccc1C(=O)OCC(CC)CC(O)CC. The molecule has 164 valence electrons. The molecule has 1 N–H and O–H groups in total. The molecule has 0 fully saturated rings. The Morgan fingerprint density at radius 3 is 1.83 bits per heavy atom. The second-order valence-corrected chi connectivity index (χ2v) is 7.73. The van der Waals surface area contributed by atoms with Gasteiger partial charge in [0.2, 0.25) is 0 Å². The standard InChI is InChI=1S/C24H38O5/c1-5-9-12-18(6-2)16-28-23(26)21-13-10-11-14-22(21)24(27)29-17-19(7-3)15-20(25)8-4/h10-11,13-14,18-20,25H,5-9,12,15-17H2,1-4H3. The van der Waals surface area contributed by atoms with Crippen molar-refractivity contribution in [1.82, 2.24) is 0 Å². The van der Waals surface area contributed by atoms with E-state index in [4.69, 9.17) is 9.47 Å². The van der Waals surface area contributed by atoms with Gasteiger partial charge < -0.3 is 14.6 Å². The summed E-state index contributed by atoms with van der Waals surface area (Å²) < 4.78 is 11.0. The summed E-state index contributed by atoms with van der Waals surface area (Å²) in [4.78, 5) is 25.2. The van der Waals surface area contributed by atoms with Crippen molar-refractivity contribution in [3.8, 4) is 0 Å². The van der Waals surface area contributed by atoms with Crippen LogP contribution in [0.2, 0.25) is 0 Å². The van der Waals surface area contributed by atoms with Gasteiger partial charge in [0.05, 0.1) is 30.4 Å². The summed E-state index contributed by atoms with van der Waals surface area (Å²) in [6, 6.07) is 6.62. The molecule has 5 nitrogen and oxygen atoms in total. The number of carbonyl (C=O) groups excluding carboxylic acids is 2. The molecule has 0 aliphatic heterocycles. The number of unbranched alkanes of at least 4 members (excludes halogenated alkanes) is 1. The normalized spacial score (nSPS) is 14.1. The number of ether oxygens (including phenoxy) is 2. The first-order valence-electron chi connectivity index (χ1n) is 11.1. The molecule has 0 spiro atoms. The second kappa shape index (κ2) is 14.2. The van der Waals surface area contributed by atoms with Crippen LogP contribution in [0.5, 0.6) is 0 Å². The molecule has 0 aliphatic carbocycles. The molecule has 0 aliphatic rings. The topological polar surface area (TPSA) is 72.8 Å². The highest BCUT2D eigenvalue weighted by atomic mass is 16.5. The lowest BCUT2D eigenvalue weighted by molar-refractivity contribution is 0.0348. The largest absolute Gasteiger partial charge is 0.462 e. The Kier molecular flexibility index (Phi) is 12.3. The molecule has 29 heavy (non-hydrogen) atoms. The first kappa shape index (κ1) is 25.2. The van der Waals surface area contributed by atoms with Crippen molar-refractivity contribution in [1.29, 1.82) is 0 Å². The average Bonchev–Trinajstić information content (AvgIpc) is 2.75. The molecule has 1 rings (SSSR count). The number of hydrogen-bond donors (Lipinski definition) is 1. The molecule has 0 saturated carbocycles. The number of carbonyl (C=O) groups is 2. The van der Waals surface area contributed by atoms with Crippen molar-refractivity contribution < 1.29 is 24.2 Å². The van der Waals surface area contributed by atoms with Crippen LogP contribution in [-0.4, -0.2) is 36.4 Å². The third-order valence-corrected chi connectivity index (χ3v) is 5.46. The summed E-state index contributed by atoms with van der Waals surface area (Å²) in [5.41, 5.74) is 0.467. The van der Waals surface area contributed by atoms with Crippen LogP contribution in [0.15, 0.2) is 24.3 Å². The van der Waals surface area contributed by atoms with Crippen molar-refractivity contribution in [2.24, 2.45) is 11.8 Å². The van der Waals surface area contributed by atoms with E-state index in [0.717, 1.165) is 32.1 Å². The fourth-order valence-corrected chi connectivity index (χ4v) is 3.18. The number of rotatable bonds is 14. The van der Waals surface area contributed by atoms with Crippen molar-refractivity contribution in [3.63, 3.8) is 0 Å². The van der Waals surface area contributed by atoms with Crippen LogP contribution in [0.3, 0.4) is 0 Å². The van der Waals surface area contributed by atoms with Gasteiger partial charge in [-0.05, 0) is 49.7 Å². The maximum absolute atomic E-state index is 12.6. The van der Waals surface area contributed by atoms with E-state index < -0.39 is 11.9 Å². The summed E-state index contributed by atoms with van der Waals surface area (Å²) in [7, 11) is 0. The first-order chi connectivity index (χ1) is 14.0. The summed E-state index contributed by atoms with van der Waals surface area (Å²) in [6.07, 6.45) is 5.92. The molecule has 1 aromatic rings. The van der Waals surface area contributed by atoms with Crippen LogP contribution in [0.1, 0.15) is 93.4 Å². The lowest BCUT2D eigenvalue weighted by Crippen LogP contribution is -2.21. The molecule has 0 radical (unpaired) electrons. The molecular formula is C24H38O5. The van der Waals surface area contributed by atoms with Gasteiger partial charge in [-0.15, -0.1) is 0 Å². The van der Waals surface area contributed by atoms with Gasteiger partial charge in [-0.1, -0.05) is 59.1 Å². The van der Waals surface area contributed by atoms with Gasteiger partial charge in [-0.2, -0.15) is 0 Å². The van der Waals surface area contributed by atoms with Gasteiger partial charge >= 0.3 is 11.9 Å². The summed E-state index contributed by atoms with van der Waals surface area (Å²) in [5.74, 6) is -0.578. The zero-order chi connectivity index (χ0) is 21.6. The molecule has 0 heterocycles. The highest BCUT2D eigenvalue weighted by Crippen LogP contribution is 2.18. The highest BCUT2D eigenvalue weighted by Gasteiger charge is 2.21. The first-order valence-corrected chi connectivity index (χ1v) is 11.1. The molecule has 3 atom stereocenters. The van der Waals surface area contributed by atoms with Crippen LogP contribution >= 0.6 is 0 Å². The number of aliphatic hydroxyl groups excluding tert-OH is 1. The molecule has 0 amide bonds. The molecule has 0 aromatic heterocycles. The van der Waals surface area contributed by atoms with Gasteiger partial charge in [-0.3, -0.25) is 0 Å². The highest BCUT2D eigenvalue weighted by molar-refractivity contribution is 6.03. The lowest BCUT2D eigenvalue weighted by atomic mass is 9.98. The fraction of sp³-hybridized carbons (Fsp3) is 0.667. The van der Waals surface area contributed by atoms with Crippen molar-refractivity contribution >= 4 is 11.9 Å². The average molecular weight is 407 g/mol. The van der Waals surface area contributed by atoms with E-state index in [1.54, 1.807) is 24.3 Å². The lowest BCUT2D eigenvalue weighted by Gasteiger charge is -2.18. The monoisotopic (exact) mass is 406 g/mol. The zero-order valence-electron chi connectivity index (χ0n) is 18.5. The van der Waals surface area contributed by atoms with Gasteiger partial charge in [0.25, 0.3) is 0 Å². The predicted molar refractivity (Wildman–Crippen MR) is 115 cm³/mol. The van der Waals surface area contributed by atoms with Gasteiger partial charge in [0, 0.05) is 0 Å². The smallest absolute Gasteiger partial charge is 0.339 e. The molecular weight excluding hydrogens is 368 g/mol. The summed E-state index contributed by atoms with van der Waals surface area (Å²) in [5, 5.41) is 9.84. The van der Waals surface area contributed by atoms with Crippen LogP contribution in [0.25, 0.3) is 0 Å². The van der Waals surface area contributed by atoms with E-state index in [0.29, 0.717) is 25.4 Å². The minimum absolute atomic E-state index is 0.0943. The summed E-state index contributed by atoms with van der Waals surface area (Å²) >= 11 is 0. The van der Waals surface area contributed by atoms with Crippen LogP contribution < -0.4 is 0 Å². The number of esters is 2. The molecule has 3 unspecified atom stereocenters. The minimum Gasteiger partial charge on any atom is -0.462 e. The predicted octanol–water partition coefficient (Wildman–Crippen LogP) is 5.40. The maximum atomic E-state index is 12.6. The second-order valence-electron chi connectivity index (χ2n) is 7.73. The number of hydrogen-bond acceptors (Lipinski definition) is 5. The Morgan fingerprint density at radius 2 is 1.38 bits per heavy atom. The Bertz CT molecular complexity index is 613. The molecule has 1 aromatic carbocycles. The Labute approximate surface area is 175 Å². The van der Waals surface area contributed by atoms with Crippen LogP contribution in [0, 0.1) is 11.8 Å². The Morgan fingerprint density at radius 1 is 0.862 bits per heavy atom. The Balaban J connectivity index is 2.71. The van der Waals surface area contributed by atoms with Crippen molar-refractivity contribution in [2.75, 3.05) is 13.2 Å². The zero-order valence-corrected chi connectivity index (χ0v) is 18.5. The van der Waals surface area contributed by atoms with Gasteiger partial charge in [-0.25, -0.2) is 9.59 Å². The minimum atomic E-state index is -0.528.